The van der Waals surface area contributed by atoms with Crippen LogP contribution in [0.3, 0.4) is 0 Å². The first kappa shape index (κ1) is 18.1. The maximum atomic E-state index is 4.01. The van der Waals surface area contributed by atoms with Crippen LogP contribution in [-0.4, -0.2) is 0 Å². The zero-order valence-corrected chi connectivity index (χ0v) is 16.9. The summed E-state index contributed by atoms with van der Waals surface area (Å²) in [7, 11) is 0. The summed E-state index contributed by atoms with van der Waals surface area (Å²) in [5.74, 6) is 6.52. The van der Waals surface area contributed by atoms with Crippen molar-refractivity contribution in [3.05, 3.63) is 12.7 Å². The van der Waals surface area contributed by atoms with Gasteiger partial charge in [-0.25, -0.2) is 0 Å². The van der Waals surface area contributed by atoms with Crippen LogP contribution >= 0.6 is 0 Å². The van der Waals surface area contributed by atoms with Crippen LogP contribution in [0.4, 0.5) is 0 Å². The molecule has 0 spiro atoms. The van der Waals surface area contributed by atoms with Crippen molar-refractivity contribution in [2.75, 3.05) is 0 Å². The van der Waals surface area contributed by atoms with Crippen molar-refractivity contribution in [2.24, 2.45) is 40.9 Å². The Bertz CT molecular complexity index is 423. The molecule has 1 unspecified atom stereocenters. The molecule has 0 amide bonds. The summed E-state index contributed by atoms with van der Waals surface area (Å²) in [4.78, 5) is 0. The minimum absolute atomic E-state index is 0.635. The molecule has 0 bridgehead atoms. The first-order chi connectivity index (χ1) is 12.3. The molecule has 0 aromatic carbocycles. The summed E-state index contributed by atoms with van der Waals surface area (Å²) in [5.41, 5.74) is 0.635. The average molecular weight is 343 g/mol. The first-order valence-electron chi connectivity index (χ1n) is 11.9. The van der Waals surface area contributed by atoms with Crippen LogP contribution in [0.15, 0.2) is 12.7 Å². The lowest BCUT2D eigenvalue weighted by atomic mass is 9.57. The minimum Gasteiger partial charge on any atom is -0.103 e. The van der Waals surface area contributed by atoms with E-state index in [9.17, 15) is 0 Å². The Morgan fingerprint density at radius 3 is 1.76 bits per heavy atom. The lowest BCUT2D eigenvalue weighted by molar-refractivity contribution is 0.00583. The number of rotatable bonds is 6. The second-order valence-electron chi connectivity index (χ2n) is 10.4. The molecule has 25 heavy (non-hydrogen) atoms. The van der Waals surface area contributed by atoms with E-state index in [4.69, 9.17) is 0 Å². The Balaban J connectivity index is 1.64. The molecule has 0 aromatic heterocycles. The Morgan fingerprint density at radius 1 is 0.760 bits per heavy atom. The van der Waals surface area contributed by atoms with E-state index in [2.05, 4.69) is 19.6 Å². The highest BCUT2D eigenvalue weighted by Crippen LogP contribution is 2.65. The number of allylic oxidation sites excluding steroid dienone is 1. The van der Waals surface area contributed by atoms with E-state index < -0.39 is 0 Å². The Morgan fingerprint density at radius 2 is 1.24 bits per heavy atom. The van der Waals surface area contributed by atoms with Gasteiger partial charge in [-0.1, -0.05) is 51.5 Å². The third kappa shape index (κ3) is 3.25. The van der Waals surface area contributed by atoms with Gasteiger partial charge in [0.15, 0.2) is 0 Å². The van der Waals surface area contributed by atoms with E-state index in [1.165, 1.54) is 70.6 Å². The summed E-state index contributed by atoms with van der Waals surface area (Å²) >= 11 is 0. The molecule has 4 aliphatic carbocycles. The molecule has 4 rings (SSSR count). The van der Waals surface area contributed by atoms with Gasteiger partial charge in [0.2, 0.25) is 0 Å². The summed E-state index contributed by atoms with van der Waals surface area (Å²) in [5, 5.41) is 0. The first-order valence-corrected chi connectivity index (χ1v) is 11.9. The number of hydrogen-bond donors (Lipinski definition) is 0. The zero-order chi connectivity index (χ0) is 17.3. The summed E-state index contributed by atoms with van der Waals surface area (Å²) in [6.07, 6.45) is 24.8. The van der Waals surface area contributed by atoms with Crippen molar-refractivity contribution in [2.45, 2.75) is 103 Å². The van der Waals surface area contributed by atoms with Crippen LogP contribution in [0.2, 0.25) is 0 Å². The van der Waals surface area contributed by atoms with Gasteiger partial charge in [0, 0.05) is 0 Å². The fraction of sp³-hybridized carbons (Fsp3) is 0.920. The highest BCUT2D eigenvalue weighted by molar-refractivity contribution is 5.06. The monoisotopic (exact) mass is 342 g/mol. The third-order valence-corrected chi connectivity index (χ3v) is 9.40. The molecule has 0 N–H and O–H groups in total. The van der Waals surface area contributed by atoms with E-state index in [1.54, 1.807) is 25.7 Å². The standard InChI is InChI=1S/C25H42/c1-3-4-11-18-25(2,19-12-5-6-13-19)24-22-16-9-7-14-20(22)21-15-8-10-17-23(21)24/h3,19-24H,1,4-18H2,2H3/t20-,21+,22-,23+,24?,25-/m1/s1. The van der Waals surface area contributed by atoms with E-state index in [1.807, 2.05) is 0 Å². The summed E-state index contributed by atoms with van der Waals surface area (Å²) in [6, 6.07) is 0. The zero-order valence-electron chi connectivity index (χ0n) is 16.9. The normalized spacial score (nSPS) is 41.1. The van der Waals surface area contributed by atoms with E-state index in [0.29, 0.717) is 5.41 Å². The van der Waals surface area contributed by atoms with E-state index >= 15 is 0 Å². The SMILES string of the molecule is C=CCCC[C@](C)(C1CCCC1)C1[C@H]2CCCC[C@H]2[C@H]2CCCC[C@@H]12. The fourth-order valence-corrected chi connectivity index (χ4v) is 8.48. The quantitative estimate of drug-likeness (QED) is 0.341. The second kappa shape index (κ2) is 7.77. The van der Waals surface area contributed by atoms with Crippen LogP contribution in [0.1, 0.15) is 103 Å². The molecule has 4 saturated carbocycles. The van der Waals surface area contributed by atoms with Crippen LogP contribution in [0.5, 0.6) is 0 Å². The maximum Gasteiger partial charge on any atom is -0.0264 e. The fourth-order valence-electron chi connectivity index (χ4n) is 8.48. The van der Waals surface area contributed by atoms with Crippen molar-refractivity contribution in [1.82, 2.24) is 0 Å². The van der Waals surface area contributed by atoms with Crippen molar-refractivity contribution < 1.29 is 0 Å². The molecule has 0 radical (unpaired) electrons. The topological polar surface area (TPSA) is 0 Å². The van der Waals surface area contributed by atoms with Gasteiger partial charge in [0.25, 0.3) is 0 Å². The van der Waals surface area contributed by atoms with Crippen LogP contribution < -0.4 is 0 Å². The predicted molar refractivity (Wildman–Crippen MR) is 108 cm³/mol. The number of hydrogen-bond acceptors (Lipinski definition) is 0. The lowest BCUT2D eigenvalue weighted by Gasteiger charge is -2.48. The van der Waals surface area contributed by atoms with Crippen LogP contribution in [0, 0.1) is 40.9 Å². The average Bonchev–Trinajstić information content (AvgIpc) is 3.29. The van der Waals surface area contributed by atoms with Crippen molar-refractivity contribution in [3.63, 3.8) is 0 Å². The van der Waals surface area contributed by atoms with Gasteiger partial charge in [0.1, 0.15) is 0 Å². The third-order valence-electron chi connectivity index (χ3n) is 9.40. The smallest absolute Gasteiger partial charge is 0.0264 e. The maximum absolute atomic E-state index is 4.01. The lowest BCUT2D eigenvalue weighted by Crippen LogP contribution is -2.41. The predicted octanol–water partition coefficient (Wildman–Crippen LogP) is 7.78. The van der Waals surface area contributed by atoms with Gasteiger partial charge < -0.3 is 0 Å². The van der Waals surface area contributed by atoms with Gasteiger partial charge >= 0.3 is 0 Å². The Kier molecular flexibility index (Phi) is 5.63. The summed E-state index contributed by atoms with van der Waals surface area (Å²) in [6.45, 7) is 6.78. The van der Waals surface area contributed by atoms with Gasteiger partial charge in [-0.2, -0.15) is 0 Å². The van der Waals surface area contributed by atoms with Gasteiger partial charge in [0.05, 0.1) is 0 Å². The number of fused-ring (bicyclic) bond motifs is 3. The molecule has 6 atom stereocenters. The van der Waals surface area contributed by atoms with Gasteiger partial charge in [-0.05, 0) is 98.7 Å². The molecule has 0 heteroatoms. The molecular weight excluding hydrogens is 300 g/mol. The van der Waals surface area contributed by atoms with Gasteiger partial charge in [-0.3, -0.25) is 0 Å². The molecule has 142 valence electrons. The molecule has 0 heterocycles. The summed E-state index contributed by atoms with van der Waals surface area (Å²) < 4.78 is 0. The van der Waals surface area contributed by atoms with E-state index in [-0.39, 0.29) is 0 Å². The van der Waals surface area contributed by atoms with Gasteiger partial charge in [-0.15, -0.1) is 6.58 Å². The van der Waals surface area contributed by atoms with E-state index in [0.717, 1.165) is 35.5 Å². The number of unbranched alkanes of at least 4 members (excludes halogenated alkanes) is 1. The molecule has 0 nitrogen and oxygen atoms in total. The van der Waals surface area contributed by atoms with Crippen molar-refractivity contribution >= 4 is 0 Å². The van der Waals surface area contributed by atoms with Crippen molar-refractivity contribution in [1.29, 1.82) is 0 Å². The molecule has 4 fully saturated rings. The molecular formula is C25H42. The van der Waals surface area contributed by atoms with Crippen molar-refractivity contribution in [3.8, 4) is 0 Å². The molecule has 4 aliphatic rings. The largest absolute Gasteiger partial charge is 0.103 e. The molecule has 0 aromatic rings. The highest BCUT2D eigenvalue weighted by atomic mass is 14.6. The van der Waals surface area contributed by atoms with Crippen LogP contribution in [-0.2, 0) is 0 Å². The highest BCUT2D eigenvalue weighted by Gasteiger charge is 2.58. The Labute approximate surface area is 157 Å². The molecule has 0 saturated heterocycles. The van der Waals surface area contributed by atoms with Crippen LogP contribution in [0.25, 0.3) is 0 Å². The molecule has 0 aliphatic heterocycles. The second-order valence-corrected chi connectivity index (χ2v) is 10.4. The Hall–Kier alpha value is -0.260. The minimum atomic E-state index is 0.635.